The summed E-state index contributed by atoms with van der Waals surface area (Å²) in [7, 11) is 3.26. The molecule has 0 atom stereocenters. The van der Waals surface area contributed by atoms with Crippen molar-refractivity contribution in [1.82, 2.24) is 0 Å². The van der Waals surface area contributed by atoms with E-state index in [0.717, 1.165) is 0 Å². The highest BCUT2D eigenvalue weighted by atomic mass is 35.5. The first-order chi connectivity index (χ1) is 3.31. The van der Waals surface area contributed by atoms with Gasteiger partial charge in [0.25, 0.3) is 0 Å². The van der Waals surface area contributed by atoms with Crippen LogP contribution in [0.15, 0.2) is 9.98 Å². The van der Waals surface area contributed by atoms with E-state index < -0.39 is 0 Å². The van der Waals surface area contributed by atoms with Gasteiger partial charge in [-0.3, -0.25) is 9.98 Å². The summed E-state index contributed by atoms with van der Waals surface area (Å²) in [6.45, 7) is 0. The molecule has 0 aromatic rings. The summed E-state index contributed by atoms with van der Waals surface area (Å²) in [5, 5.41) is 0.433. The largest absolute Gasteiger partial charge is 0.293 e. The molecular formula is C4H7ClN2. The second-order valence-electron chi connectivity index (χ2n) is 0.934. The number of halogens is 1. The summed E-state index contributed by atoms with van der Waals surface area (Å²) in [4.78, 5) is 7.23. The first-order valence-electron chi connectivity index (χ1n) is 1.85. The number of rotatable bonds is 1. The highest BCUT2D eigenvalue weighted by Gasteiger charge is 1.77. The van der Waals surface area contributed by atoms with Gasteiger partial charge in [-0.1, -0.05) is 11.6 Å². The Bertz CT molecular complexity index is 95.9. The molecule has 0 aliphatic heterocycles. The lowest BCUT2D eigenvalue weighted by atomic mass is 10.8. The van der Waals surface area contributed by atoms with Gasteiger partial charge in [-0.2, -0.15) is 0 Å². The molecule has 0 radical (unpaired) electrons. The van der Waals surface area contributed by atoms with Crippen molar-refractivity contribution < 1.29 is 0 Å². The van der Waals surface area contributed by atoms with Crippen LogP contribution in [-0.4, -0.2) is 25.5 Å². The SMILES string of the molecule is C/N=C\C(Cl)=N/C. The van der Waals surface area contributed by atoms with Crippen LogP contribution in [0.4, 0.5) is 0 Å². The maximum Gasteiger partial charge on any atom is 0.141 e. The minimum absolute atomic E-state index is 0.433. The maximum atomic E-state index is 5.37. The Morgan fingerprint density at radius 1 is 1.57 bits per heavy atom. The normalized spacial score (nSPS) is 13.3. The summed E-state index contributed by atoms with van der Waals surface area (Å²) in [5.74, 6) is 0. The molecule has 0 aliphatic carbocycles. The Kier molecular flexibility index (Phi) is 3.61. The molecular weight excluding hydrogens is 112 g/mol. The zero-order valence-electron chi connectivity index (χ0n) is 4.35. The van der Waals surface area contributed by atoms with Crippen LogP contribution < -0.4 is 0 Å². The zero-order valence-corrected chi connectivity index (χ0v) is 5.11. The van der Waals surface area contributed by atoms with Crippen molar-refractivity contribution in [2.45, 2.75) is 0 Å². The molecule has 0 aliphatic rings. The van der Waals surface area contributed by atoms with Crippen molar-refractivity contribution in [3.05, 3.63) is 0 Å². The molecule has 0 spiro atoms. The third kappa shape index (κ3) is 3.46. The van der Waals surface area contributed by atoms with Crippen molar-refractivity contribution >= 4 is 23.0 Å². The Hall–Kier alpha value is -0.370. The first kappa shape index (κ1) is 6.63. The number of hydrogen-bond donors (Lipinski definition) is 0. The lowest BCUT2D eigenvalue weighted by Crippen LogP contribution is -1.85. The van der Waals surface area contributed by atoms with E-state index in [9.17, 15) is 0 Å². The minimum atomic E-state index is 0.433. The molecule has 3 heteroatoms. The average molecular weight is 119 g/mol. The molecule has 0 amide bonds. The van der Waals surface area contributed by atoms with Crippen LogP contribution in [0.2, 0.25) is 0 Å². The summed E-state index contributed by atoms with van der Waals surface area (Å²) in [6.07, 6.45) is 1.49. The first-order valence-corrected chi connectivity index (χ1v) is 2.23. The molecule has 0 saturated carbocycles. The predicted octanol–water partition coefficient (Wildman–Crippen LogP) is 0.954. The fourth-order valence-corrected chi connectivity index (χ4v) is 0.262. The van der Waals surface area contributed by atoms with Gasteiger partial charge >= 0.3 is 0 Å². The quantitative estimate of drug-likeness (QED) is 0.458. The van der Waals surface area contributed by atoms with Gasteiger partial charge in [0, 0.05) is 14.1 Å². The lowest BCUT2D eigenvalue weighted by molar-refractivity contribution is 1.45. The third-order valence-electron chi connectivity index (χ3n) is 0.449. The fourth-order valence-electron chi connectivity index (χ4n) is 0.164. The highest BCUT2D eigenvalue weighted by Crippen LogP contribution is 1.76. The van der Waals surface area contributed by atoms with Gasteiger partial charge in [-0.15, -0.1) is 0 Å². The van der Waals surface area contributed by atoms with Gasteiger partial charge in [0.15, 0.2) is 0 Å². The summed E-state index contributed by atoms with van der Waals surface area (Å²) in [6, 6.07) is 0. The standard InChI is InChI=1S/C4H7ClN2/c1-6-3-4(5)7-2/h3H,1-2H3/b6-3-,7-4+. The summed E-state index contributed by atoms with van der Waals surface area (Å²) in [5.41, 5.74) is 0. The van der Waals surface area contributed by atoms with Crippen molar-refractivity contribution in [2.24, 2.45) is 9.98 Å². The second-order valence-corrected chi connectivity index (χ2v) is 1.32. The molecule has 7 heavy (non-hydrogen) atoms. The van der Waals surface area contributed by atoms with E-state index in [2.05, 4.69) is 9.98 Å². The molecule has 0 aromatic carbocycles. The number of aliphatic imine (C=N–C) groups is 2. The summed E-state index contributed by atoms with van der Waals surface area (Å²) >= 11 is 5.37. The van der Waals surface area contributed by atoms with Gasteiger partial charge in [0.05, 0.1) is 6.21 Å². The van der Waals surface area contributed by atoms with Crippen LogP contribution in [-0.2, 0) is 0 Å². The Morgan fingerprint density at radius 3 is 2.29 bits per heavy atom. The number of hydrogen-bond acceptors (Lipinski definition) is 2. The van der Waals surface area contributed by atoms with Crippen molar-refractivity contribution in [3.8, 4) is 0 Å². The third-order valence-corrected chi connectivity index (χ3v) is 0.716. The molecule has 0 N–H and O–H groups in total. The average Bonchev–Trinajstić information content (AvgIpc) is 1.68. The monoisotopic (exact) mass is 118 g/mol. The molecule has 40 valence electrons. The van der Waals surface area contributed by atoms with Gasteiger partial charge in [-0.05, 0) is 0 Å². The molecule has 0 rings (SSSR count). The smallest absolute Gasteiger partial charge is 0.141 e. The molecule has 0 heterocycles. The minimum Gasteiger partial charge on any atom is -0.293 e. The van der Waals surface area contributed by atoms with E-state index in [0.29, 0.717) is 5.17 Å². The molecule has 0 fully saturated rings. The van der Waals surface area contributed by atoms with Gasteiger partial charge < -0.3 is 0 Å². The zero-order chi connectivity index (χ0) is 5.70. The van der Waals surface area contributed by atoms with Crippen LogP contribution in [0.5, 0.6) is 0 Å². The van der Waals surface area contributed by atoms with E-state index in [-0.39, 0.29) is 0 Å². The predicted molar refractivity (Wildman–Crippen MR) is 33.6 cm³/mol. The molecule has 2 nitrogen and oxygen atoms in total. The highest BCUT2D eigenvalue weighted by molar-refractivity contribution is 6.79. The van der Waals surface area contributed by atoms with E-state index in [4.69, 9.17) is 11.6 Å². The molecule has 0 aromatic heterocycles. The summed E-state index contributed by atoms with van der Waals surface area (Å²) < 4.78 is 0. The Labute approximate surface area is 47.9 Å². The Balaban J connectivity index is 3.58. The van der Waals surface area contributed by atoms with Crippen molar-refractivity contribution in [3.63, 3.8) is 0 Å². The fraction of sp³-hybridized carbons (Fsp3) is 0.500. The van der Waals surface area contributed by atoms with Gasteiger partial charge in [0.1, 0.15) is 5.17 Å². The van der Waals surface area contributed by atoms with E-state index >= 15 is 0 Å². The van der Waals surface area contributed by atoms with Crippen LogP contribution in [0.1, 0.15) is 0 Å². The molecule has 0 unspecified atom stereocenters. The van der Waals surface area contributed by atoms with Crippen LogP contribution in [0.25, 0.3) is 0 Å². The van der Waals surface area contributed by atoms with E-state index in [1.165, 1.54) is 6.21 Å². The molecule has 0 saturated heterocycles. The van der Waals surface area contributed by atoms with E-state index in [1.54, 1.807) is 14.1 Å². The maximum absolute atomic E-state index is 5.37. The van der Waals surface area contributed by atoms with Crippen LogP contribution >= 0.6 is 11.6 Å². The lowest BCUT2D eigenvalue weighted by Gasteiger charge is -1.76. The van der Waals surface area contributed by atoms with Crippen molar-refractivity contribution in [1.29, 1.82) is 0 Å². The van der Waals surface area contributed by atoms with E-state index in [1.807, 2.05) is 0 Å². The van der Waals surface area contributed by atoms with Gasteiger partial charge in [-0.25, -0.2) is 0 Å². The molecule has 0 bridgehead atoms. The van der Waals surface area contributed by atoms with Crippen LogP contribution in [0, 0.1) is 0 Å². The second kappa shape index (κ2) is 3.81. The van der Waals surface area contributed by atoms with Gasteiger partial charge in [0.2, 0.25) is 0 Å². The van der Waals surface area contributed by atoms with Crippen molar-refractivity contribution in [2.75, 3.05) is 14.1 Å². The Morgan fingerprint density at radius 2 is 2.14 bits per heavy atom. The number of nitrogens with zero attached hydrogens (tertiary/aromatic N) is 2. The topological polar surface area (TPSA) is 24.7 Å². The van der Waals surface area contributed by atoms with Crippen LogP contribution in [0.3, 0.4) is 0 Å².